The zero-order valence-corrected chi connectivity index (χ0v) is 12.2. The monoisotopic (exact) mass is 296 g/mol. The van der Waals surface area contributed by atoms with Crippen LogP contribution in [0.15, 0.2) is 54.3 Å². The molecule has 2 atom stereocenters. The molecule has 2 aliphatic carbocycles. The van der Waals surface area contributed by atoms with E-state index in [4.69, 9.17) is 9.84 Å². The molecule has 0 spiro atoms. The Labute approximate surface area is 128 Å². The molecule has 4 heteroatoms. The van der Waals surface area contributed by atoms with Gasteiger partial charge in [0.15, 0.2) is 0 Å². The Bertz CT molecular complexity index is 724. The number of benzene rings is 1. The number of fused-ring (bicyclic) bond motifs is 2. The van der Waals surface area contributed by atoms with E-state index in [9.17, 15) is 9.59 Å². The van der Waals surface area contributed by atoms with Gasteiger partial charge in [0.1, 0.15) is 5.76 Å². The molecular formula is C18H16O4. The Morgan fingerprint density at radius 1 is 1.23 bits per heavy atom. The molecular weight excluding hydrogens is 280 g/mol. The number of rotatable bonds is 3. The number of ketones is 1. The fourth-order valence-electron chi connectivity index (χ4n) is 3.05. The normalized spacial score (nSPS) is 22.6. The van der Waals surface area contributed by atoms with E-state index < -0.39 is 11.8 Å². The molecule has 3 rings (SSSR count). The number of Topliss-reactive ketones (excluding diaryl/α,β-unsaturated/α-hetero) is 1. The quantitative estimate of drug-likeness (QED) is 0.871. The number of allylic oxidation sites excluding steroid dienone is 4. The minimum Gasteiger partial charge on any atom is -0.497 e. The second-order valence-corrected chi connectivity index (χ2v) is 5.45. The van der Waals surface area contributed by atoms with Crippen molar-refractivity contribution in [3.05, 3.63) is 65.5 Å². The highest BCUT2D eigenvalue weighted by molar-refractivity contribution is 6.51. The number of hydrogen-bond donors (Lipinski definition) is 1. The van der Waals surface area contributed by atoms with Crippen LogP contribution in [0.5, 0.6) is 0 Å². The summed E-state index contributed by atoms with van der Waals surface area (Å²) in [6.45, 7) is 0. The van der Waals surface area contributed by atoms with E-state index in [1.165, 1.54) is 0 Å². The van der Waals surface area contributed by atoms with Crippen LogP contribution in [0, 0.1) is 11.8 Å². The van der Waals surface area contributed by atoms with Crippen molar-refractivity contribution >= 4 is 17.3 Å². The fourth-order valence-corrected chi connectivity index (χ4v) is 3.05. The Balaban J connectivity index is 2.12. The van der Waals surface area contributed by atoms with Crippen LogP contribution in [0.25, 0.3) is 5.57 Å². The molecule has 1 N–H and O–H groups in total. The molecule has 0 saturated heterocycles. The van der Waals surface area contributed by atoms with Gasteiger partial charge in [0, 0.05) is 11.5 Å². The number of carboxylic acid groups (broad SMARTS) is 1. The van der Waals surface area contributed by atoms with Crippen LogP contribution in [-0.2, 0) is 20.7 Å². The van der Waals surface area contributed by atoms with Crippen LogP contribution in [-0.4, -0.2) is 24.0 Å². The first-order valence-electron chi connectivity index (χ1n) is 7.12. The van der Waals surface area contributed by atoms with E-state index in [1.807, 2.05) is 42.5 Å². The summed E-state index contributed by atoms with van der Waals surface area (Å²) in [4.78, 5) is 23.2. The predicted molar refractivity (Wildman–Crippen MR) is 82.0 cm³/mol. The summed E-state index contributed by atoms with van der Waals surface area (Å²) in [7, 11) is 1.62. The van der Waals surface area contributed by atoms with Crippen molar-refractivity contribution in [3.8, 4) is 0 Å². The zero-order chi connectivity index (χ0) is 15.7. The van der Waals surface area contributed by atoms with E-state index in [-0.39, 0.29) is 17.4 Å². The number of hydrogen-bond acceptors (Lipinski definition) is 3. The highest BCUT2D eigenvalue weighted by Gasteiger charge is 2.30. The summed E-state index contributed by atoms with van der Waals surface area (Å²) >= 11 is 0. The Kier molecular flexibility index (Phi) is 3.67. The Hall–Kier alpha value is -2.62. The maximum atomic E-state index is 12.1. The second-order valence-electron chi connectivity index (χ2n) is 5.45. The van der Waals surface area contributed by atoms with Crippen LogP contribution in [0.1, 0.15) is 11.1 Å². The van der Waals surface area contributed by atoms with Crippen molar-refractivity contribution in [2.45, 2.75) is 6.42 Å². The molecule has 0 fully saturated rings. The summed E-state index contributed by atoms with van der Waals surface area (Å²) in [5, 5.41) is 9.09. The van der Waals surface area contributed by atoms with Gasteiger partial charge in [0.05, 0.1) is 7.11 Å². The molecule has 0 amide bonds. The number of carboxylic acids is 1. The van der Waals surface area contributed by atoms with Crippen molar-refractivity contribution in [2.75, 3.05) is 7.11 Å². The standard InChI is InChI=1S/C18H16O4/c1-22-14-7-6-11-10-16(17(19)18(20)21)15-5-3-2-4-12(15)8-13(11)9-14/h2-7,9-11,13H,8H2,1H3,(H,20,21). The molecule has 1 aromatic carbocycles. The minimum atomic E-state index is -1.42. The molecule has 4 nitrogen and oxygen atoms in total. The predicted octanol–water partition coefficient (Wildman–Crippen LogP) is 2.61. The second kappa shape index (κ2) is 5.64. The van der Waals surface area contributed by atoms with Gasteiger partial charge in [-0.15, -0.1) is 0 Å². The van der Waals surface area contributed by atoms with Gasteiger partial charge in [0.25, 0.3) is 5.78 Å². The van der Waals surface area contributed by atoms with Crippen LogP contribution in [0.4, 0.5) is 0 Å². The van der Waals surface area contributed by atoms with E-state index in [2.05, 4.69) is 0 Å². The lowest BCUT2D eigenvalue weighted by Crippen LogP contribution is -2.16. The third kappa shape index (κ3) is 2.48. The van der Waals surface area contributed by atoms with Gasteiger partial charge in [0.2, 0.25) is 0 Å². The number of carbonyl (C=O) groups is 2. The van der Waals surface area contributed by atoms with E-state index in [0.717, 1.165) is 17.7 Å². The lowest BCUT2D eigenvalue weighted by Gasteiger charge is -2.22. The molecule has 1 aromatic rings. The van der Waals surface area contributed by atoms with Gasteiger partial charge in [-0.1, -0.05) is 36.4 Å². The molecule has 2 unspecified atom stereocenters. The highest BCUT2D eigenvalue weighted by atomic mass is 16.5. The van der Waals surface area contributed by atoms with Crippen molar-refractivity contribution in [2.24, 2.45) is 11.8 Å². The molecule has 0 aliphatic heterocycles. The molecule has 0 aromatic heterocycles. The minimum absolute atomic E-state index is 0.00963. The fraction of sp³-hybridized carbons (Fsp3) is 0.222. The lowest BCUT2D eigenvalue weighted by molar-refractivity contribution is -0.146. The smallest absolute Gasteiger partial charge is 0.377 e. The Morgan fingerprint density at radius 3 is 2.73 bits per heavy atom. The Morgan fingerprint density at radius 2 is 2.00 bits per heavy atom. The average Bonchev–Trinajstić information content (AvgIpc) is 2.69. The largest absolute Gasteiger partial charge is 0.497 e. The van der Waals surface area contributed by atoms with Crippen LogP contribution in [0.2, 0.25) is 0 Å². The summed E-state index contributed by atoms with van der Waals surface area (Å²) < 4.78 is 5.27. The van der Waals surface area contributed by atoms with Gasteiger partial charge in [-0.2, -0.15) is 0 Å². The van der Waals surface area contributed by atoms with E-state index in [0.29, 0.717) is 5.56 Å². The lowest BCUT2D eigenvalue weighted by atomic mass is 9.84. The van der Waals surface area contributed by atoms with Crippen LogP contribution < -0.4 is 0 Å². The average molecular weight is 296 g/mol. The maximum Gasteiger partial charge on any atom is 0.377 e. The molecule has 0 bridgehead atoms. The van der Waals surface area contributed by atoms with Gasteiger partial charge >= 0.3 is 5.97 Å². The SMILES string of the molecule is COC1=CC2Cc3ccccc3C(C(=O)C(=O)O)=CC2C=C1. The molecule has 0 heterocycles. The van der Waals surface area contributed by atoms with Gasteiger partial charge in [-0.25, -0.2) is 4.79 Å². The topological polar surface area (TPSA) is 63.6 Å². The maximum absolute atomic E-state index is 12.1. The van der Waals surface area contributed by atoms with E-state index >= 15 is 0 Å². The number of methoxy groups -OCH3 is 1. The summed E-state index contributed by atoms with van der Waals surface area (Å²) in [5.41, 5.74) is 1.97. The first-order chi connectivity index (χ1) is 10.6. The van der Waals surface area contributed by atoms with Crippen LogP contribution >= 0.6 is 0 Å². The molecule has 22 heavy (non-hydrogen) atoms. The number of ether oxygens (including phenoxy) is 1. The van der Waals surface area contributed by atoms with Crippen molar-refractivity contribution in [1.82, 2.24) is 0 Å². The number of carbonyl (C=O) groups excluding carboxylic acids is 1. The molecule has 2 aliphatic rings. The zero-order valence-electron chi connectivity index (χ0n) is 12.2. The van der Waals surface area contributed by atoms with Crippen molar-refractivity contribution in [1.29, 1.82) is 0 Å². The summed E-state index contributed by atoms with van der Waals surface area (Å²) in [5.74, 6) is -1.35. The molecule has 0 saturated carbocycles. The molecule has 112 valence electrons. The van der Waals surface area contributed by atoms with Gasteiger partial charge in [-0.05, 0) is 35.6 Å². The summed E-state index contributed by atoms with van der Waals surface area (Å²) in [6.07, 6.45) is 8.37. The first kappa shape index (κ1) is 14.3. The van der Waals surface area contributed by atoms with E-state index in [1.54, 1.807) is 13.2 Å². The molecule has 0 radical (unpaired) electrons. The third-order valence-corrected chi connectivity index (χ3v) is 4.15. The van der Waals surface area contributed by atoms with Gasteiger partial charge < -0.3 is 9.84 Å². The summed E-state index contributed by atoms with van der Waals surface area (Å²) in [6, 6.07) is 7.48. The van der Waals surface area contributed by atoms with Crippen LogP contribution in [0.3, 0.4) is 0 Å². The third-order valence-electron chi connectivity index (χ3n) is 4.15. The highest BCUT2D eigenvalue weighted by Crippen LogP contribution is 2.36. The van der Waals surface area contributed by atoms with Crippen molar-refractivity contribution in [3.63, 3.8) is 0 Å². The van der Waals surface area contributed by atoms with Gasteiger partial charge in [-0.3, -0.25) is 4.79 Å². The number of aliphatic carboxylic acids is 1. The van der Waals surface area contributed by atoms with Crippen molar-refractivity contribution < 1.29 is 19.4 Å². The first-order valence-corrected chi connectivity index (χ1v) is 7.12.